The molecule has 0 saturated heterocycles. The average Bonchev–Trinajstić information content (AvgIpc) is 2.35. The second kappa shape index (κ2) is 6.80. The van der Waals surface area contributed by atoms with Crippen LogP contribution in [0, 0.1) is 0 Å². The summed E-state index contributed by atoms with van der Waals surface area (Å²) in [5.41, 5.74) is 0.0553. The Morgan fingerprint density at radius 3 is 2.74 bits per heavy atom. The van der Waals surface area contributed by atoms with E-state index in [1.54, 1.807) is 12.1 Å². The van der Waals surface area contributed by atoms with E-state index in [0.29, 0.717) is 13.1 Å². The lowest BCUT2D eigenvalue weighted by Gasteiger charge is -2.20. The molecule has 0 unspecified atom stereocenters. The van der Waals surface area contributed by atoms with Crippen LogP contribution in [0.25, 0.3) is 0 Å². The van der Waals surface area contributed by atoms with Crippen LogP contribution in [0.4, 0.5) is 10.5 Å². The number of halogens is 1. The number of benzene rings is 1. The minimum atomic E-state index is -1.19. The van der Waals surface area contributed by atoms with Gasteiger partial charge in [-0.15, -0.1) is 6.58 Å². The van der Waals surface area contributed by atoms with E-state index in [9.17, 15) is 9.59 Å². The number of carbonyl (C=O) groups excluding carboxylic acids is 1. The first-order valence-electron chi connectivity index (χ1n) is 5.69. The van der Waals surface area contributed by atoms with E-state index < -0.39 is 12.0 Å². The van der Waals surface area contributed by atoms with Crippen molar-refractivity contribution in [1.82, 2.24) is 4.90 Å². The molecule has 0 aliphatic rings. The second-order valence-electron chi connectivity index (χ2n) is 3.73. The van der Waals surface area contributed by atoms with Gasteiger partial charge >= 0.3 is 12.0 Å². The first-order chi connectivity index (χ1) is 9.01. The van der Waals surface area contributed by atoms with E-state index >= 15 is 0 Å². The summed E-state index contributed by atoms with van der Waals surface area (Å²) in [7, 11) is 0. The van der Waals surface area contributed by atoms with Crippen LogP contribution in [0.15, 0.2) is 30.9 Å². The van der Waals surface area contributed by atoms with Crippen LogP contribution in [0.2, 0.25) is 5.02 Å². The Kier molecular flexibility index (Phi) is 5.38. The number of carboxylic acid groups (broad SMARTS) is 1. The SMILES string of the molecule is C=CCN(CC)C(=O)Nc1cccc(Cl)c1C(=O)O. The van der Waals surface area contributed by atoms with Crippen LogP contribution in [0.5, 0.6) is 0 Å². The number of aromatic carboxylic acids is 1. The van der Waals surface area contributed by atoms with Crippen LogP contribution >= 0.6 is 11.6 Å². The van der Waals surface area contributed by atoms with Crippen molar-refractivity contribution < 1.29 is 14.7 Å². The summed E-state index contributed by atoms with van der Waals surface area (Å²) in [5.74, 6) is -1.19. The minimum Gasteiger partial charge on any atom is -0.478 e. The molecule has 0 aromatic heterocycles. The van der Waals surface area contributed by atoms with E-state index in [0.717, 1.165) is 0 Å². The van der Waals surface area contributed by atoms with Gasteiger partial charge in [0.1, 0.15) is 5.56 Å². The molecule has 0 fully saturated rings. The predicted octanol–water partition coefficient (Wildman–Crippen LogP) is 3.08. The van der Waals surface area contributed by atoms with E-state index in [1.807, 2.05) is 6.92 Å². The number of carboxylic acids is 1. The van der Waals surface area contributed by atoms with Crippen molar-refractivity contribution in [1.29, 1.82) is 0 Å². The molecule has 0 atom stereocenters. The highest BCUT2D eigenvalue weighted by Gasteiger charge is 2.18. The first-order valence-corrected chi connectivity index (χ1v) is 6.07. The van der Waals surface area contributed by atoms with Crippen molar-refractivity contribution in [2.75, 3.05) is 18.4 Å². The van der Waals surface area contributed by atoms with Crippen molar-refractivity contribution in [3.8, 4) is 0 Å². The van der Waals surface area contributed by atoms with Gasteiger partial charge in [0.2, 0.25) is 0 Å². The van der Waals surface area contributed by atoms with Gasteiger partial charge < -0.3 is 15.3 Å². The number of rotatable bonds is 5. The summed E-state index contributed by atoms with van der Waals surface area (Å²) in [4.78, 5) is 24.6. The predicted molar refractivity (Wildman–Crippen MR) is 74.9 cm³/mol. The lowest BCUT2D eigenvalue weighted by Crippen LogP contribution is -2.35. The maximum atomic E-state index is 12.0. The zero-order chi connectivity index (χ0) is 14.4. The smallest absolute Gasteiger partial charge is 0.339 e. The van der Waals surface area contributed by atoms with Crippen molar-refractivity contribution in [2.24, 2.45) is 0 Å². The number of urea groups is 1. The van der Waals surface area contributed by atoms with Crippen LogP contribution in [0.3, 0.4) is 0 Å². The third-order valence-corrected chi connectivity index (χ3v) is 2.80. The molecule has 0 saturated carbocycles. The Morgan fingerprint density at radius 2 is 2.21 bits per heavy atom. The summed E-state index contributed by atoms with van der Waals surface area (Å²) in [6.07, 6.45) is 1.60. The molecule has 2 amide bonds. The molecule has 5 nitrogen and oxygen atoms in total. The van der Waals surface area contributed by atoms with Gasteiger partial charge in [0, 0.05) is 13.1 Å². The standard InChI is InChI=1S/C13H15ClN2O3/c1-3-8-16(4-2)13(19)15-10-7-5-6-9(14)11(10)12(17)18/h3,5-7H,1,4,8H2,2H3,(H,15,19)(H,17,18). The molecule has 0 heterocycles. The maximum Gasteiger partial charge on any atom is 0.339 e. The number of carbonyl (C=O) groups is 2. The average molecular weight is 283 g/mol. The molecule has 1 aromatic carbocycles. The largest absolute Gasteiger partial charge is 0.478 e. The molecule has 2 N–H and O–H groups in total. The van der Waals surface area contributed by atoms with E-state index in [-0.39, 0.29) is 16.3 Å². The fourth-order valence-electron chi connectivity index (χ4n) is 1.55. The van der Waals surface area contributed by atoms with Gasteiger partial charge in [0.25, 0.3) is 0 Å². The molecule has 1 aromatic rings. The number of nitrogens with one attached hydrogen (secondary N) is 1. The van der Waals surface area contributed by atoms with Gasteiger partial charge in [-0.05, 0) is 19.1 Å². The molecule has 19 heavy (non-hydrogen) atoms. The number of hydrogen-bond donors (Lipinski definition) is 2. The molecule has 1 rings (SSSR count). The van der Waals surface area contributed by atoms with Gasteiger partial charge in [-0.25, -0.2) is 9.59 Å². The van der Waals surface area contributed by atoms with Crippen LogP contribution in [-0.2, 0) is 0 Å². The molecule has 0 spiro atoms. The minimum absolute atomic E-state index is 0.0806. The van der Waals surface area contributed by atoms with E-state index in [4.69, 9.17) is 16.7 Å². The summed E-state index contributed by atoms with van der Waals surface area (Å²) >= 11 is 5.82. The van der Waals surface area contributed by atoms with Gasteiger partial charge in [-0.1, -0.05) is 23.7 Å². The van der Waals surface area contributed by atoms with Crippen molar-refractivity contribution in [2.45, 2.75) is 6.92 Å². The topological polar surface area (TPSA) is 69.6 Å². The summed E-state index contributed by atoms with van der Waals surface area (Å²) < 4.78 is 0. The Morgan fingerprint density at radius 1 is 1.53 bits per heavy atom. The number of hydrogen-bond acceptors (Lipinski definition) is 2. The fraction of sp³-hybridized carbons (Fsp3) is 0.231. The summed E-state index contributed by atoms with van der Waals surface area (Å²) in [6, 6.07) is 4.14. The number of amides is 2. The lowest BCUT2D eigenvalue weighted by atomic mass is 10.2. The highest BCUT2D eigenvalue weighted by molar-refractivity contribution is 6.34. The number of nitrogens with zero attached hydrogens (tertiary/aromatic N) is 1. The number of likely N-dealkylation sites (N-methyl/N-ethyl adjacent to an activating group) is 1. The van der Waals surface area contributed by atoms with Gasteiger partial charge in [0.15, 0.2) is 0 Å². The van der Waals surface area contributed by atoms with Crippen molar-refractivity contribution >= 4 is 29.3 Å². The van der Waals surface area contributed by atoms with Crippen molar-refractivity contribution in [3.05, 3.63) is 41.4 Å². The Labute approximate surface area is 116 Å². The molecule has 0 radical (unpaired) electrons. The Hall–Kier alpha value is -2.01. The summed E-state index contributed by atoms with van der Waals surface area (Å²) in [5, 5.41) is 11.7. The molecular formula is C13H15ClN2O3. The van der Waals surface area contributed by atoms with Crippen LogP contribution < -0.4 is 5.32 Å². The first kappa shape index (κ1) is 15.0. The Balaban J connectivity index is 2.99. The molecule has 0 aliphatic heterocycles. The lowest BCUT2D eigenvalue weighted by molar-refractivity contribution is 0.0698. The second-order valence-corrected chi connectivity index (χ2v) is 4.13. The van der Waals surface area contributed by atoms with Crippen LogP contribution in [0.1, 0.15) is 17.3 Å². The van der Waals surface area contributed by atoms with Gasteiger partial charge in [-0.2, -0.15) is 0 Å². The third-order valence-electron chi connectivity index (χ3n) is 2.49. The monoisotopic (exact) mass is 282 g/mol. The molecule has 0 bridgehead atoms. The zero-order valence-corrected chi connectivity index (χ0v) is 11.3. The maximum absolute atomic E-state index is 12.0. The Bertz CT molecular complexity index is 503. The summed E-state index contributed by atoms with van der Waals surface area (Å²) in [6.45, 7) is 6.25. The highest BCUT2D eigenvalue weighted by atomic mass is 35.5. The van der Waals surface area contributed by atoms with E-state index in [2.05, 4.69) is 11.9 Å². The van der Waals surface area contributed by atoms with Gasteiger partial charge in [0.05, 0.1) is 10.7 Å². The van der Waals surface area contributed by atoms with Crippen LogP contribution in [-0.4, -0.2) is 35.1 Å². The van der Waals surface area contributed by atoms with Gasteiger partial charge in [-0.3, -0.25) is 0 Å². The molecule has 6 heteroatoms. The highest BCUT2D eigenvalue weighted by Crippen LogP contribution is 2.24. The number of anilines is 1. The fourth-order valence-corrected chi connectivity index (χ4v) is 1.81. The molecule has 0 aliphatic carbocycles. The molecular weight excluding hydrogens is 268 g/mol. The molecule has 102 valence electrons. The third kappa shape index (κ3) is 3.72. The van der Waals surface area contributed by atoms with E-state index in [1.165, 1.54) is 17.0 Å². The quantitative estimate of drug-likeness (QED) is 0.816. The normalized spacial score (nSPS) is 9.79. The van der Waals surface area contributed by atoms with Crippen molar-refractivity contribution in [3.63, 3.8) is 0 Å². The zero-order valence-electron chi connectivity index (χ0n) is 10.5.